The fraction of sp³-hybridized carbons (Fsp3) is 0.333. The number of rotatable bonds is 2. The third-order valence-electron chi connectivity index (χ3n) is 2.39. The molecule has 0 spiro atoms. The average molecular weight is 347 g/mol. The second kappa shape index (κ2) is 4.43. The molecule has 0 amide bonds. The van der Waals surface area contributed by atoms with E-state index in [1.165, 1.54) is 21.8 Å². The van der Waals surface area contributed by atoms with Crippen molar-refractivity contribution in [3.8, 4) is 0 Å². The van der Waals surface area contributed by atoms with Crippen molar-refractivity contribution in [1.29, 1.82) is 0 Å². The number of aryl methyl sites for hydroxylation is 2. The highest BCUT2D eigenvalue weighted by molar-refractivity contribution is 14.1. The Balaban J connectivity index is 2.57. The van der Waals surface area contributed by atoms with Crippen molar-refractivity contribution in [2.24, 2.45) is 14.1 Å². The first-order valence-electron chi connectivity index (χ1n) is 4.79. The van der Waals surface area contributed by atoms with E-state index >= 15 is 0 Å². The minimum atomic E-state index is -0.363. The number of hydrogen-bond acceptors (Lipinski definition) is 4. The van der Waals surface area contributed by atoms with Gasteiger partial charge in [-0.1, -0.05) is 0 Å². The van der Waals surface area contributed by atoms with E-state index in [0.29, 0.717) is 9.39 Å². The summed E-state index contributed by atoms with van der Waals surface area (Å²) in [5.41, 5.74) is -0.671. The summed E-state index contributed by atoms with van der Waals surface area (Å²) in [6.07, 6.45) is 2.90. The lowest BCUT2D eigenvalue weighted by Gasteiger charge is -2.07. The molecule has 0 bridgehead atoms. The zero-order valence-corrected chi connectivity index (χ0v) is 11.4. The van der Waals surface area contributed by atoms with E-state index in [4.69, 9.17) is 0 Å². The van der Waals surface area contributed by atoms with Gasteiger partial charge in [0, 0.05) is 20.3 Å². The molecule has 0 fully saturated rings. The van der Waals surface area contributed by atoms with Gasteiger partial charge in [0.1, 0.15) is 12.2 Å². The maximum absolute atomic E-state index is 11.9. The quantitative estimate of drug-likeness (QED) is 0.676. The van der Waals surface area contributed by atoms with E-state index < -0.39 is 0 Å². The van der Waals surface area contributed by atoms with Crippen LogP contribution in [0.4, 0.5) is 0 Å². The van der Waals surface area contributed by atoms with Gasteiger partial charge in [-0.25, -0.2) is 9.78 Å². The normalized spacial score (nSPS) is 10.8. The molecule has 17 heavy (non-hydrogen) atoms. The van der Waals surface area contributed by atoms with Crippen molar-refractivity contribution < 1.29 is 0 Å². The summed E-state index contributed by atoms with van der Waals surface area (Å²) >= 11 is 1.91. The first-order valence-corrected chi connectivity index (χ1v) is 5.87. The summed E-state index contributed by atoms with van der Waals surface area (Å²) in [6, 6.07) is 0. The van der Waals surface area contributed by atoms with Crippen LogP contribution in [0.25, 0.3) is 0 Å². The molecule has 0 saturated heterocycles. The van der Waals surface area contributed by atoms with E-state index in [-0.39, 0.29) is 17.8 Å². The minimum absolute atomic E-state index is 0.124. The van der Waals surface area contributed by atoms with Gasteiger partial charge in [-0.05, 0) is 22.6 Å². The molecule has 0 aliphatic heterocycles. The zero-order valence-electron chi connectivity index (χ0n) is 9.29. The molecule has 0 radical (unpaired) electrons. The standard InChI is InChI=1S/C9H10IN5O2/c1-13-3-6(10)8(16)15(9(13)17)4-7-11-5-12-14(7)2/h3,5H,4H2,1-2H3. The Labute approximate surface area is 110 Å². The van der Waals surface area contributed by atoms with Crippen LogP contribution in [0.2, 0.25) is 0 Å². The molecule has 2 heterocycles. The SMILES string of the molecule is Cn1ncnc1Cn1c(=O)c(I)cn(C)c1=O. The Morgan fingerprint density at radius 3 is 2.65 bits per heavy atom. The summed E-state index contributed by atoms with van der Waals surface area (Å²) < 4.78 is 4.55. The smallest absolute Gasteiger partial charge is 0.302 e. The van der Waals surface area contributed by atoms with E-state index in [1.807, 2.05) is 22.6 Å². The molecule has 2 aromatic heterocycles. The first kappa shape index (κ1) is 12.0. The number of nitrogens with zero attached hydrogens (tertiary/aromatic N) is 5. The third-order valence-corrected chi connectivity index (χ3v) is 3.13. The number of halogens is 1. The topological polar surface area (TPSA) is 74.7 Å². The van der Waals surface area contributed by atoms with Gasteiger partial charge in [-0.3, -0.25) is 14.0 Å². The highest BCUT2D eigenvalue weighted by Crippen LogP contribution is 1.96. The van der Waals surface area contributed by atoms with Gasteiger partial charge in [-0.2, -0.15) is 5.10 Å². The molecule has 2 aromatic rings. The monoisotopic (exact) mass is 347 g/mol. The van der Waals surface area contributed by atoms with Crippen molar-refractivity contribution >= 4 is 22.6 Å². The highest BCUT2D eigenvalue weighted by atomic mass is 127. The van der Waals surface area contributed by atoms with Gasteiger partial charge < -0.3 is 4.57 Å². The molecule has 0 aliphatic carbocycles. The van der Waals surface area contributed by atoms with Crippen molar-refractivity contribution in [3.05, 3.63) is 42.8 Å². The van der Waals surface area contributed by atoms with Gasteiger partial charge in [0.25, 0.3) is 5.56 Å². The Hall–Kier alpha value is -1.45. The lowest BCUT2D eigenvalue weighted by molar-refractivity contribution is 0.586. The zero-order chi connectivity index (χ0) is 12.6. The van der Waals surface area contributed by atoms with Gasteiger partial charge in [0.2, 0.25) is 0 Å². The van der Waals surface area contributed by atoms with Gasteiger partial charge >= 0.3 is 5.69 Å². The number of aromatic nitrogens is 5. The predicted molar refractivity (Wildman–Crippen MR) is 68.8 cm³/mol. The molecule has 7 nitrogen and oxygen atoms in total. The maximum atomic E-state index is 11.9. The molecule has 0 aliphatic rings. The molecule has 90 valence electrons. The Bertz CT molecular complexity index is 635. The van der Waals surface area contributed by atoms with Gasteiger partial charge in [0.05, 0.1) is 10.1 Å². The summed E-state index contributed by atoms with van der Waals surface area (Å²) in [7, 11) is 3.32. The highest BCUT2D eigenvalue weighted by Gasteiger charge is 2.10. The summed E-state index contributed by atoms with van der Waals surface area (Å²) in [5, 5.41) is 3.90. The Kier molecular flexibility index (Phi) is 3.13. The van der Waals surface area contributed by atoms with Crippen LogP contribution in [0.1, 0.15) is 5.82 Å². The fourth-order valence-electron chi connectivity index (χ4n) is 1.43. The van der Waals surface area contributed by atoms with Crippen molar-refractivity contribution in [1.82, 2.24) is 23.9 Å². The van der Waals surface area contributed by atoms with Crippen molar-refractivity contribution in [2.45, 2.75) is 6.54 Å². The van der Waals surface area contributed by atoms with E-state index in [0.717, 1.165) is 4.57 Å². The van der Waals surface area contributed by atoms with E-state index in [2.05, 4.69) is 10.1 Å². The molecule has 0 N–H and O–H groups in total. The summed E-state index contributed by atoms with van der Waals surface area (Å²) in [5.74, 6) is 0.561. The Morgan fingerprint density at radius 1 is 1.35 bits per heavy atom. The lowest BCUT2D eigenvalue weighted by Crippen LogP contribution is -2.40. The van der Waals surface area contributed by atoms with Crippen LogP contribution in [0.5, 0.6) is 0 Å². The second-order valence-corrected chi connectivity index (χ2v) is 4.72. The molecule has 0 saturated carbocycles. The molecule has 0 aromatic carbocycles. The average Bonchev–Trinajstić information content (AvgIpc) is 2.68. The summed E-state index contributed by atoms with van der Waals surface area (Å²) in [6.45, 7) is 0.124. The lowest BCUT2D eigenvalue weighted by atomic mass is 10.5. The molecule has 0 atom stereocenters. The molecular formula is C9H10IN5O2. The van der Waals surface area contributed by atoms with Crippen LogP contribution >= 0.6 is 22.6 Å². The van der Waals surface area contributed by atoms with Crippen LogP contribution < -0.4 is 11.2 Å². The molecule has 8 heteroatoms. The van der Waals surface area contributed by atoms with Crippen LogP contribution in [0, 0.1) is 3.57 Å². The maximum Gasteiger partial charge on any atom is 0.331 e. The van der Waals surface area contributed by atoms with Crippen LogP contribution in [0.3, 0.4) is 0 Å². The van der Waals surface area contributed by atoms with E-state index in [1.54, 1.807) is 14.1 Å². The predicted octanol–water partition coefficient (Wildman–Crippen LogP) is -0.672. The Morgan fingerprint density at radius 2 is 2.06 bits per heavy atom. The first-order chi connectivity index (χ1) is 8.00. The largest absolute Gasteiger partial charge is 0.331 e. The molecule has 0 unspecified atom stereocenters. The van der Waals surface area contributed by atoms with Crippen LogP contribution in [0.15, 0.2) is 22.1 Å². The van der Waals surface area contributed by atoms with E-state index in [9.17, 15) is 9.59 Å². The van der Waals surface area contributed by atoms with Crippen molar-refractivity contribution in [2.75, 3.05) is 0 Å². The second-order valence-electron chi connectivity index (χ2n) is 3.56. The molecular weight excluding hydrogens is 337 g/mol. The molecule has 2 rings (SSSR count). The van der Waals surface area contributed by atoms with Gasteiger partial charge in [0.15, 0.2) is 0 Å². The van der Waals surface area contributed by atoms with Crippen LogP contribution in [-0.2, 0) is 20.6 Å². The van der Waals surface area contributed by atoms with Gasteiger partial charge in [-0.15, -0.1) is 0 Å². The van der Waals surface area contributed by atoms with Crippen molar-refractivity contribution in [3.63, 3.8) is 0 Å². The fourth-order valence-corrected chi connectivity index (χ4v) is 2.14. The summed E-state index contributed by atoms with van der Waals surface area (Å²) in [4.78, 5) is 27.7. The minimum Gasteiger partial charge on any atom is -0.302 e. The van der Waals surface area contributed by atoms with Crippen LogP contribution in [-0.4, -0.2) is 23.9 Å². The number of hydrogen-bond donors (Lipinski definition) is 0. The third kappa shape index (κ3) is 2.16.